The van der Waals surface area contributed by atoms with Crippen LogP contribution in [0.25, 0.3) is 0 Å². The molecule has 0 bridgehead atoms. The summed E-state index contributed by atoms with van der Waals surface area (Å²) in [6.45, 7) is 13.4. The van der Waals surface area contributed by atoms with Gasteiger partial charge in [0.25, 0.3) is 0 Å². The van der Waals surface area contributed by atoms with E-state index in [4.69, 9.17) is 4.74 Å². The molecule has 0 aromatic carbocycles. The third-order valence-electron chi connectivity index (χ3n) is 4.24. The molecule has 1 atom stereocenters. The van der Waals surface area contributed by atoms with E-state index in [2.05, 4.69) is 43.4 Å². The molecule has 2 aliphatic heterocycles. The molecule has 0 aliphatic carbocycles. The largest absolute Gasteiger partial charge is 0.378 e. The van der Waals surface area contributed by atoms with Crippen LogP contribution in [0, 0.1) is 17.2 Å². The first-order valence-corrected chi connectivity index (χ1v) is 7.76. The Morgan fingerprint density at radius 1 is 1.55 bits per heavy atom. The quantitative estimate of drug-likeness (QED) is 0.804. The average Bonchev–Trinajstić information content (AvgIpc) is 2.56. The summed E-state index contributed by atoms with van der Waals surface area (Å²) in [6.07, 6.45) is 4.88. The normalized spacial score (nSPS) is 21.2. The molecule has 5 heteroatoms. The van der Waals surface area contributed by atoms with Gasteiger partial charge in [-0.25, -0.2) is 5.01 Å². The van der Waals surface area contributed by atoms with Crippen LogP contribution < -0.4 is 0 Å². The zero-order chi connectivity index (χ0) is 16.1. The Hall–Kier alpha value is -2.06. The highest BCUT2D eigenvalue weighted by molar-refractivity contribution is 5.95. The van der Waals surface area contributed by atoms with Crippen LogP contribution in [0.3, 0.4) is 0 Å². The number of nitriles is 1. The van der Waals surface area contributed by atoms with Gasteiger partial charge in [-0.05, 0) is 19.3 Å². The van der Waals surface area contributed by atoms with E-state index >= 15 is 0 Å². The lowest BCUT2D eigenvalue weighted by molar-refractivity contribution is 0.0677. The number of morpholine rings is 1. The fourth-order valence-corrected chi connectivity index (χ4v) is 2.33. The number of allylic oxidation sites excluding steroid dienone is 2. The fourth-order valence-electron chi connectivity index (χ4n) is 2.33. The van der Waals surface area contributed by atoms with Gasteiger partial charge in [0.2, 0.25) is 0 Å². The van der Waals surface area contributed by atoms with Gasteiger partial charge in [0.1, 0.15) is 6.07 Å². The lowest BCUT2D eigenvalue weighted by Gasteiger charge is -2.32. The maximum atomic E-state index is 9.36. The minimum atomic E-state index is 0.478. The Morgan fingerprint density at radius 3 is 2.82 bits per heavy atom. The first-order chi connectivity index (χ1) is 10.6. The monoisotopic (exact) mass is 300 g/mol. The number of hydrogen-bond acceptors (Lipinski definition) is 5. The molecule has 22 heavy (non-hydrogen) atoms. The van der Waals surface area contributed by atoms with Gasteiger partial charge < -0.3 is 9.64 Å². The van der Waals surface area contributed by atoms with Crippen molar-refractivity contribution in [2.45, 2.75) is 27.2 Å². The van der Waals surface area contributed by atoms with Gasteiger partial charge in [-0.1, -0.05) is 26.0 Å². The molecule has 1 unspecified atom stereocenters. The van der Waals surface area contributed by atoms with Crippen molar-refractivity contribution < 1.29 is 4.74 Å². The maximum absolute atomic E-state index is 9.36. The number of hydrogen-bond donors (Lipinski definition) is 0. The smallest absolute Gasteiger partial charge is 0.151 e. The highest BCUT2D eigenvalue weighted by Crippen LogP contribution is 2.23. The SMILES string of the molecule is C=C1C(C#N)=CC(N2CCOCC2)=NN1/C=C(/C)C(C)CC. The third kappa shape index (κ3) is 3.58. The molecule has 0 aromatic rings. The predicted molar refractivity (Wildman–Crippen MR) is 87.7 cm³/mol. The number of rotatable bonds is 3. The zero-order valence-electron chi connectivity index (χ0n) is 13.7. The summed E-state index contributed by atoms with van der Waals surface area (Å²) in [4.78, 5) is 2.15. The second-order valence-electron chi connectivity index (χ2n) is 5.70. The van der Waals surface area contributed by atoms with Crippen molar-refractivity contribution in [1.29, 1.82) is 5.26 Å². The lowest BCUT2D eigenvalue weighted by Crippen LogP contribution is -2.42. The van der Waals surface area contributed by atoms with E-state index < -0.39 is 0 Å². The molecule has 0 spiro atoms. The van der Waals surface area contributed by atoms with Crippen LogP contribution in [0.2, 0.25) is 0 Å². The summed E-state index contributed by atoms with van der Waals surface area (Å²) in [5, 5.41) is 15.8. The molecule has 118 valence electrons. The van der Waals surface area contributed by atoms with E-state index in [1.165, 1.54) is 5.57 Å². The minimum Gasteiger partial charge on any atom is -0.378 e. The van der Waals surface area contributed by atoms with Crippen LogP contribution in [0.5, 0.6) is 0 Å². The summed E-state index contributed by atoms with van der Waals surface area (Å²) < 4.78 is 5.38. The molecule has 0 amide bonds. The topological polar surface area (TPSA) is 51.9 Å². The van der Waals surface area contributed by atoms with Crippen molar-refractivity contribution in [2.75, 3.05) is 26.3 Å². The van der Waals surface area contributed by atoms with E-state index in [9.17, 15) is 5.26 Å². The summed E-state index contributed by atoms with van der Waals surface area (Å²) in [7, 11) is 0. The number of nitrogens with zero attached hydrogens (tertiary/aromatic N) is 4. The Bertz CT molecular complexity index is 562. The molecule has 0 N–H and O–H groups in total. The van der Waals surface area contributed by atoms with E-state index in [0.29, 0.717) is 30.4 Å². The molecule has 0 radical (unpaired) electrons. The van der Waals surface area contributed by atoms with Crippen molar-refractivity contribution in [1.82, 2.24) is 9.91 Å². The van der Waals surface area contributed by atoms with Crippen LogP contribution >= 0.6 is 0 Å². The Morgan fingerprint density at radius 2 is 2.23 bits per heavy atom. The van der Waals surface area contributed by atoms with Crippen molar-refractivity contribution in [2.24, 2.45) is 11.0 Å². The van der Waals surface area contributed by atoms with Gasteiger partial charge in [0.05, 0.1) is 24.5 Å². The number of hydrazone groups is 1. The van der Waals surface area contributed by atoms with Gasteiger partial charge in [-0.15, -0.1) is 0 Å². The van der Waals surface area contributed by atoms with Crippen LogP contribution in [-0.2, 0) is 4.74 Å². The number of amidine groups is 1. The number of ether oxygens (including phenoxy) is 1. The van der Waals surface area contributed by atoms with Crippen LogP contribution in [0.15, 0.2) is 40.8 Å². The molecule has 2 heterocycles. The molecule has 2 aliphatic rings. The summed E-state index contributed by atoms with van der Waals surface area (Å²) in [5.41, 5.74) is 2.42. The van der Waals surface area contributed by atoms with E-state index in [-0.39, 0.29) is 0 Å². The fraction of sp³-hybridized carbons (Fsp3) is 0.529. The van der Waals surface area contributed by atoms with E-state index in [0.717, 1.165) is 25.3 Å². The maximum Gasteiger partial charge on any atom is 0.151 e. The standard InChI is InChI=1S/C17H24N4O/c1-5-13(2)14(3)12-21-15(4)16(11-18)10-17(19-21)20-6-8-22-9-7-20/h10,12-13H,4-9H2,1-3H3/b14-12-. The second-order valence-corrected chi connectivity index (χ2v) is 5.70. The van der Waals surface area contributed by atoms with Gasteiger partial charge in [-0.3, -0.25) is 0 Å². The highest BCUT2D eigenvalue weighted by Gasteiger charge is 2.22. The second kappa shape index (κ2) is 7.28. The highest BCUT2D eigenvalue weighted by atomic mass is 16.5. The first kappa shape index (κ1) is 16.3. The van der Waals surface area contributed by atoms with Crippen molar-refractivity contribution in [3.05, 3.63) is 35.7 Å². The molecule has 5 nitrogen and oxygen atoms in total. The van der Waals surface area contributed by atoms with Crippen molar-refractivity contribution >= 4 is 5.84 Å². The summed E-state index contributed by atoms with van der Waals surface area (Å²) in [5.74, 6) is 1.28. The van der Waals surface area contributed by atoms with E-state index in [1.54, 1.807) is 5.01 Å². The van der Waals surface area contributed by atoms with Crippen LogP contribution in [0.4, 0.5) is 0 Å². The van der Waals surface area contributed by atoms with Gasteiger partial charge >= 0.3 is 0 Å². The molecule has 1 saturated heterocycles. The molecular weight excluding hydrogens is 276 g/mol. The van der Waals surface area contributed by atoms with Gasteiger partial charge in [-0.2, -0.15) is 10.4 Å². The lowest BCUT2D eigenvalue weighted by atomic mass is 10.0. The third-order valence-corrected chi connectivity index (χ3v) is 4.24. The van der Waals surface area contributed by atoms with Crippen LogP contribution in [-0.4, -0.2) is 42.0 Å². The van der Waals surface area contributed by atoms with Gasteiger partial charge in [0, 0.05) is 25.4 Å². The molecule has 2 rings (SSSR count). The molecular formula is C17H24N4O. The average molecular weight is 300 g/mol. The van der Waals surface area contributed by atoms with Crippen molar-refractivity contribution in [3.63, 3.8) is 0 Å². The summed E-state index contributed by atoms with van der Waals surface area (Å²) >= 11 is 0. The van der Waals surface area contributed by atoms with E-state index in [1.807, 2.05) is 12.3 Å². The molecule has 0 aromatic heterocycles. The Labute approximate surface area is 132 Å². The first-order valence-electron chi connectivity index (χ1n) is 7.76. The minimum absolute atomic E-state index is 0.478. The Balaban J connectivity index is 2.29. The molecule has 0 saturated carbocycles. The predicted octanol–water partition coefficient (Wildman–Crippen LogP) is 2.86. The molecule has 1 fully saturated rings. The zero-order valence-corrected chi connectivity index (χ0v) is 13.7. The van der Waals surface area contributed by atoms with Crippen molar-refractivity contribution in [3.8, 4) is 6.07 Å². The summed E-state index contributed by atoms with van der Waals surface area (Å²) in [6, 6.07) is 2.22. The Kier molecular flexibility index (Phi) is 5.40. The van der Waals surface area contributed by atoms with Crippen LogP contribution in [0.1, 0.15) is 27.2 Å². The van der Waals surface area contributed by atoms with Gasteiger partial charge in [0.15, 0.2) is 5.84 Å².